The summed E-state index contributed by atoms with van der Waals surface area (Å²) in [4.78, 5) is 21.0. The first-order valence-electron chi connectivity index (χ1n) is 9.91. The van der Waals surface area contributed by atoms with Crippen LogP contribution in [-0.2, 0) is 0 Å². The maximum Gasteiger partial charge on any atom is 0.251 e. The van der Waals surface area contributed by atoms with Crippen molar-refractivity contribution in [2.45, 2.75) is 37.6 Å². The Hall–Kier alpha value is -2.73. The quantitative estimate of drug-likeness (QED) is 0.674. The lowest BCUT2D eigenvalue weighted by molar-refractivity contribution is 0.0923. The Labute approximate surface area is 175 Å². The van der Waals surface area contributed by atoms with E-state index < -0.39 is 0 Å². The zero-order valence-electron chi connectivity index (χ0n) is 16.0. The lowest BCUT2D eigenvalue weighted by atomic mass is 9.85. The number of rotatable bonds is 3. The van der Waals surface area contributed by atoms with E-state index in [2.05, 4.69) is 16.4 Å². The van der Waals surface area contributed by atoms with Crippen LogP contribution in [0.5, 0.6) is 11.5 Å². The molecule has 0 radical (unpaired) electrons. The Morgan fingerprint density at radius 2 is 1.90 bits per heavy atom. The number of hydrogen-bond donors (Lipinski definition) is 2. The Kier molecular flexibility index (Phi) is 5.62. The SMILES string of the molecule is Cl.O=C(N[C@@H]1CCC[C@H](c2nc3ccccc3[nH]2)C1)c1ccc2c(c1)OCCO2. The zero-order chi connectivity index (χ0) is 18.9. The molecular weight excluding hydrogens is 390 g/mol. The number of hydrogen-bond acceptors (Lipinski definition) is 4. The molecule has 1 saturated carbocycles. The number of fused-ring (bicyclic) bond motifs is 2. The summed E-state index contributed by atoms with van der Waals surface area (Å²) < 4.78 is 11.1. The molecule has 29 heavy (non-hydrogen) atoms. The second-order valence-corrected chi connectivity index (χ2v) is 7.53. The van der Waals surface area contributed by atoms with E-state index >= 15 is 0 Å². The molecule has 3 aromatic rings. The molecule has 1 aromatic heterocycles. The molecule has 2 N–H and O–H groups in total. The van der Waals surface area contributed by atoms with Crippen LogP contribution in [0.4, 0.5) is 0 Å². The molecule has 1 aliphatic heterocycles. The molecule has 0 spiro atoms. The number of imidazole rings is 1. The molecular formula is C22H24ClN3O3. The summed E-state index contributed by atoms with van der Waals surface area (Å²) in [6, 6.07) is 13.6. The van der Waals surface area contributed by atoms with Gasteiger partial charge in [-0.3, -0.25) is 4.79 Å². The average molecular weight is 414 g/mol. The standard InChI is InChI=1S/C22H23N3O3.ClH/c26-22(15-8-9-19-20(13-15)28-11-10-27-19)23-16-5-3-4-14(12-16)21-24-17-6-1-2-7-18(17)25-21;/h1-2,6-9,13-14,16H,3-5,10-12H2,(H,23,26)(H,24,25);1H/t14-,16+;/m0./s1. The van der Waals surface area contributed by atoms with Gasteiger partial charge in [0.05, 0.1) is 11.0 Å². The molecule has 2 atom stereocenters. The van der Waals surface area contributed by atoms with Crippen molar-refractivity contribution >= 4 is 29.3 Å². The van der Waals surface area contributed by atoms with Gasteiger partial charge in [-0.05, 0) is 49.6 Å². The number of aromatic nitrogens is 2. The van der Waals surface area contributed by atoms with Crippen LogP contribution in [-0.4, -0.2) is 35.1 Å². The van der Waals surface area contributed by atoms with Gasteiger partial charge in [-0.1, -0.05) is 18.6 Å². The fraction of sp³-hybridized carbons (Fsp3) is 0.364. The number of para-hydroxylation sites is 2. The smallest absolute Gasteiger partial charge is 0.251 e. The lowest BCUT2D eigenvalue weighted by Gasteiger charge is -2.29. The number of H-pyrrole nitrogens is 1. The van der Waals surface area contributed by atoms with E-state index in [9.17, 15) is 4.79 Å². The van der Waals surface area contributed by atoms with Gasteiger partial charge in [0, 0.05) is 17.5 Å². The van der Waals surface area contributed by atoms with Crippen LogP contribution in [0.1, 0.15) is 47.8 Å². The number of carbonyl (C=O) groups is 1. The maximum absolute atomic E-state index is 12.8. The van der Waals surface area contributed by atoms with Crippen molar-refractivity contribution in [1.82, 2.24) is 15.3 Å². The monoisotopic (exact) mass is 413 g/mol. The third kappa shape index (κ3) is 4.03. The van der Waals surface area contributed by atoms with Gasteiger partial charge >= 0.3 is 0 Å². The average Bonchev–Trinajstić information content (AvgIpc) is 3.18. The van der Waals surface area contributed by atoms with Gasteiger partial charge in [0.15, 0.2) is 11.5 Å². The summed E-state index contributed by atoms with van der Waals surface area (Å²) in [7, 11) is 0. The molecule has 6 nitrogen and oxygen atoms in total. The molecule has 7 heteroatoms. The Morgan fingerprint density at radius 1 is 1.07 bits per heavy atom. The highest BCUT2D eigenvalue weighted by Gasteiger charge is 2.27. The fourth-order valence-electron chi connectivity index (χ4n) is 4.19. The number of amides is 1. The number of nitrogens with one attached hydrogen (secondary N) is 2. The van der Waals surface area contributed by atoms with Crippen LogP contribution in [0.3, 0.4) is 0 Å². The summed E-state index contributed by atoms with van der Waals surface area (Å²) in [6.45, 7) is 1.06. The van der Waals surface area contributed by atoms with Crippen molar-refractivity contribution in [2.75, 3.05) is 13.2 Å². The number of carbonyl (C=O) groups excluding carboxylic acids is 1. The molecule has 5 rings (SSSR count). The van der Waals surface area contributed by atoms with E-state index in [4.69, 9.17) is 14.5 Å². The van der Waals surface area contributed by atoms with Crippen molar-refractivity contribution in [3.8, 4) is 11.5 Å². The van der Waals surface area contributed by atoms with Gasteiger partial charge < -0.3 is 19.8 Å². The van der Waals surface area contributed by atoms with Crippen molar-refractivity contribution in [3.63, 3.8) is 0 Å². The minimum Gasteiger partial charge on any atom is -0.486 e. The molecule has 0 saturated heterocycles. The van der Waals surface area contributed by atoms with E-state index in [1.165, 1.54) is 0 Å². The number of benzene rings is 2. The van der Waals surface area contributed by atoms with Crippen LogP contribution in [0.2, 0.25) is 0 Å². The van der Waals surface area contributed by atoms with Crippen LogP contribution in [0, 0.1) is 0 Å². The lowest BCUT2D eigenvalue weighted by Crippen LogP contribution is -2.38. The fourth-order valence-corrected chi connectivity index (χ4v) is 4.19. The van der Waals surface area contributed by atoms with E-state index in [0.29, 0.717) is 36.2 Å². The van der Waals surface area contributed by atoms with Gasteiger partial charge in [-0.15, -0.1) is 12.4 Å². The largest absolute Gasteiger partial charge is 0.486 e. The summed E-state index contributed by atoms with van der Waals surface area (Å²) in [5.41, 5.74) is 2.68. The number of aromatic amines is 1. The first kappa shape index (κ1) is 19.6. The highest BCUT2D eigenvalue weighted by molar-refractivity contribution is 5.95. The summed E-state index contributed by atoms with van der Waals surface area (Å²) in [6.07, 6.45) is 4.06. The van der Waals surface area contributed by atoms with Crippen molar-refractivity contribution < 1.29 is 14.3 Å². The first-order valence-corrected chi connectivity index (χ1v) is 9.91. The van der Waals surface area contributed by atoms with Crippen LogP contribution in [0.15, 0.2) is 42.5 Å². The van der Waals surface area contributed by atoms with Crippen LogP contribution >= 0.6 is 12.4 Å². The molecule has 152 valence electrons. The number of ether oxygens (including phenoxy) is 2. The van der Waals surface area contributed by atoms with E-state index in [1.54, 1.807) is 12.1 Å². The maximum atomic E-state index is 12.8. The summed E-state index contributed by atoms with van der Waals surface area (Å²) in [5.74, 6) is 2.64. The molecule has 2 aliphatic rings. The molecule has 0 bridgehead atoms. The van der Waals surface area contributed by atoms with E-state index in [0.717, 1.165) is 42.5 Å². The molecule has 1 fully saturated rings. The van der Waals surface area contributed by atoms with Crippen molar-refractivity contribution in [3.05, 3.63) is 53.9 Å². The second-order valence-electron chi connectivity index (χ2n) is 7.53. The number of nitrogens with zero attached hydrogens (tertiary/aromatic N) is 1. The molecule has 0 unspecified atom stereocenters. The van der Waals surface area contributed by atoms with Crippen molar-refractivity contribution in [1.29, 1.82) is 0 Å². The van der Waals surface area contributed by atoms with Gasteiger partial charge in [-0.25, -0.2) is 4.98 Å². The summed E-state index contributed by atoms with van der Waals surface area (Å²) >= 11 is 0. The Bertz CT molecular complexity index is 986. The highest BCUT2D eigenvalue weighted by atomic mass is 35.5. The normalized spacial score (nSPS) is 20.7. The molecule has 1 amide bonds. The summed E-state index contributed by atoms with van der Waals surface area (Å²) in [5, 5.41) is 3.20. The highest BCUT2D eigenvalue weighted by Crippen LogP contribution is 2.33. The second kappa shape index (κ2) is 8.33. The Morgan fingerprint density at radius 3 is 2.76 bits per heavy atom. The van der Waals surface area contributed by atoms with Crippen LogP contribution in [0.25, 0.3) is 11.0 Å². The van der Waals surface area contributed by atoms with Gasteiger partial charge in [0.2, 0.25) is 0 Å². The third-order valence-corrected chi connectivity index (χ3v) is 5.61. The van der Waals surface area contributed by atoms with Crippen molar-refractivity contribution in [2.24, 2.45) is 0 Å². The van der Waals surface area contributed by atoms with Gasteiger partial charge in [-0.2, -0.15) is 0 Å². The van der Waals surface area contributed by atoms with Gasteiger partial charge in [0.25, 0.3) is 5.91 Å². The van der Waals surface area contributed by atoms with Gasteiger partial charge in [0.1, 0.15) is 19.0 Å². The molecule has 2 aromatic carbocycles. The third-order valence-electron chi connectivity index (χ3n) is 5.61. The first-order chi connectivity index (χ1) is 13.8. The minimum absolute atomic E-state index is 0. The van der Waals surface area contributed by atoms with Crippen LogP contribution < -0.4 is 14.8 Å². The zero-order valence-corrected chi connectivity index (χ0v) is 16.8. The number of halogens is 1. The minimum atomic E-state index is -0.0628. The molecule has 1 aliphatic carbocycles. The molecule has 2 heterocycles. The predicted octanol–water partition coefficient (Wildman–Crippen LogP) is 4.21. The topological polar surface area (TPSA) is 76.2 Å². The Balaban J connectivity index is 0.00000205. The van der Waals surface area contributed by atoms with E-state index in [1.807, 2.05) is 24.3 Å². The predicted molar refractivity (Wildman–Crippen MR) is 113 cm³/mol. The van der Waals surface area contributed by atoms with E-state index in [-0.39, 0.29) is 24.4 Å².